The fourth-order valence-corrected chi connectivity index (χ4v) is 4.04. The Morgan fingerprint density at radius 3 is 2.80 bits per heavy atom. The van der Waals surface area contributed by atoms with Crippen LogP contribution >= 0.6 is 15.9 Å². The molecule has 1 aliphatic heterocycles. The van der Waals surface area contributed by atoms with Crippen LogP contribution in [0.2, 0.25) is 0 Å². The summed E-state index contributed by atoms with van der Waals surface area (Å²) in [5.74, 6) is 1.82. The second-order valence-electron chi connectivity index (χ2n) is 6.08. The van der Waals surface area contributed by atoms with Crippen molar-refractivity contribution in [2.24, 2.45) is 5.92 Å². The minimum atomic E-state index is 0.390. The van der Waals surface area contributed by atoms with Crippen LogP contribution in [-0.2, 0) is 0 Å². The molecule has 0 amide bonds. The van der Waals surface area contributed by atoms with Crippen molar-refractivity contribution in [1.82, 2.24) is 5.32 Å². The molecule has 1 heterocycles. The average molecular weight is 338 g/mol. The molecule has 0 spiro atoms. The molecular formula is C17H24BrNO. The Morgan fingerprint density at radius 1 is 1.25 bits per heavy atom. The molecule has 3 heteroatoms. The van der Waals surface area contributed by atoms with Gasteiger partial charge in [-0.15, -0.1) is 0 Å². The van der Waals surface area contributed by atoms with Crippen LogP contribution in [0.5, 0.6) is 5.75 Å². The molecule has 20 heavy (non-hydrogen) atoms. The average Bonchev–Trinajstić information content (AvgIpc) is 2.48. The van der Waals surface area contributed by atoms with Gasteiger partial charge in [0.1, 0.15) is 11.9 Å². The Labute approximate surface area is 130 Å². The molecule has 110 valence electrons. The van der Waals surface area contributed by atoms with Crippen molar-refractivity contribution in [1.29, 1.82) is 0 Å². The van der Waals surface area contributed by atoms with E-state index in [2.05, 4.69) is 46.4 Å². The molecule has 1 fully saturated rings. The van der Waals surface area contributed by atoms with E-state index >= 15 is 0 Å². The predicted octanol–water partition coefficient (Wildman–Crippen LogP) is 4.83. The molecule has 1 aromatic carbocycles. The number of rotatable bonds is 3. The summed E-state index contributed by atoms with van der Waals surface area (Å²) < 4.78 is 7.47. The first-order chi connectivity index (χ1) is 9.78. The van der Waals surface area contributed by atoms with Crippen LogP contribution in [0.1, 0.15) is 57.1 Å². The number of nitrogens with one attached hydrogen (secondary N) is 1. The van der Waals surface area contributed by atoms with Crippen molar-refractivity contribution in [2.75, 3.05) is 6.54 Å². The maximum Gasteiger partial charge on any atom is 0.125 e. The molecule has 0 aromatic heterocycles. The van der Waals surface area contributed by atoms with Crippen molar-refractivity contribution >= 4 is 15.9 Å². The molecule has 0 saturated heterocycles. The van der Waals surface area contributed by atoms with Gasteiger partial charge in [-0.05, 0) is 37.4 Å². The third kappa shape index (κ3) is 3.04. The van der Waals surface area contributed by atoms with Crippen LogP contribution < -0.4 is 10.1 Å². The zero-order chi connectivity index (χ0) is 13.9. The lowest BCUT2D eigenvalue weighted by Gasteiger charge is -2.38. The number of benzene rings is 1. The van der Waals surface area contributed by atoms with Gasteiger partial charge in [-0.25, -0.2) is 0 Å². The molecule has 2 aliphatic rings. The maximum atomic E-state index is 6.36. The zero-order valence-electron chi connectivity index (χ0n) is 12.2. The molecule has 1 aliphatic carbocycles. The highest BCUT2D eigenvalue weighted by Crippen LogP contribution is 2.41. The lowest BCUT2D eigenvalue weighted by atomic mass is 9.81. The smallest absolute Gasteiger partial charge is 0.125 e. The molecule has 3 rings (SSSR count). The second-order valence-corrected chi connectivity index (χ2v) is 7.00. The van der Waals surface area contributed by atoms with Crippen LogP contribution in [0.4, 0.5) is 0 Å². The number of ether oxygens (including phenoxy) is 1. The van der Waals surface area contributed by atoms with E-state index in [0.717, 1.165) is 29.1 Å². The Bertz CT molecular complexity index is 456. The molecule has 1 aromatic rings. The van der Waals surface area contributed by atoms with Gasteiger partial charge in [-0.2, -0.15) is 0 Å². The van der Waals surface area contributed by atoms with Crippen LogP contribution in [0.3, 0.4) is 0 Å². The normalized spacial score (nSPS) is 26.9. The minimum absolute atomic E-state index is 0.390. The number of fused-ring (bicyclic) bond motifs is 1. The summed E-state index contributed by atoms with van der Waals surface area (Å²) in [6.45, 7) is 3.20. The molecule has 2 atom stereocenters. The van der Waals surface area contributed by atoms with Gasteiger partial charge in [-0.1, -0.05) is 48.2 Å². The Morgan fingerprint density at radius 2 is 2.05 bits per heavy atom. The van der Waals surface area contributed by atoms with Gasteiger partial charge >= 0.3 is 0 Å². The molecule has 0 radical (unpaired) electrons. The van der Waals surface area contributed by atoms with Gasteiger partial charge in [-0.3, -0.25) is 0 Å². The van der Waals surface area contributed by atoms with Crippen LogP contribution in [0.25, 0.3) is 0 Å². The number of halogens is 1. The first-order valence-electron chi connectivity index (χ1n) is 7.97. The zero-order valence-corrected chi connectivity index (χ0v) is 13.8. The third-order valence-corrected chi connectivity index (χ3v) is 5.22. The highest BCUT2D eigenvalue weighted by molar-refractivity contribution is 9.10. The summed E-state index contributed by atoms with van der Waals surface area (Å²) in [7, 11) is 0. The van der Waals surface area contributed by atoms with E-state index in [4.69, 9.17) is 4.74 Å². The maximum absolute atomic E-state index is 6.36. The number of hydrogen-bond acceptors (Lipinski definition) is 2. The largest absolute Gasteiger partial charge is 0.490 e. The Balaban J connectivity index is 1.83. The SMILES string of the molecule is CCNC1CC(C2CCCCC2)Oc2cc(Br)ccc21. The molecule has 1 N–H and O–H groups in total. The van der Waals surface area contributed by atoms with Crippen molar-refractivity contribution in [2.45, 2.75) is 57.6 Å². The molecule has 2 unspecified atom stereocenters. The fourth-order valence-electron chi connectivity index (χ4n) is 3.70. The predicted molar refractivity (Wildman–Crippen MR) is 86.2 cm³/mol. The van der Waals surface area contributed by atoms with E-state index in [-0.39, 0.29) is 0 Å². The summed E-state index contributed by atoms with van der Waals surface area (Å²) in [6.07, 6.45) is 8.35. The van der Waals surface area contributed by atoms with Crippen molar-refractivity contribution in [3.05, 3.63) is 28.2 Å². The summed E-state index contributed by atoms with van der Waals surface area (Å²) >= 11 is 3.56. The van der Waals surface area contributed by atoms with Gasteiger partial charge in [0.05, 0.1) is 0 Å². The van der Waals surface area contributed by atoms with Gasteiger partial charge in [0, 0.05) is 22.5 Å². The van der Waals surface area contributed by atoms with Gasteiger partial charge < -0.3 is 10.1 Å². The molecule has 1 saturated carbocycles. The fraction of sp³-hybridized carbons (Fsp3) is 0.647. The van der Waals surface area contributed by atoms with Crippen LogP contribution in [0, 0.1) is 5.92 Å². The minimum Gasteiger partial charge on any atom is -0.490 e. The molecule has 2 nitrogen and oxygen atoms in total. The summed E-state index contributed by atoms with van der Waals surface area (Å²) in [4.78, 5) is 0. The van der Waals surface area contributed by atoms with E-state index in [1.54, 1.807) is 0 Å². The summed E-state index contributed by atoms with van der Waals surface area (Å²) in [6, 6.07) is 6.90. The van der Waals surface area contributed by atoms with E-state index in [1.807, 2.05) is 0 Å². The lowest BCUT2D eigenvalue weighted by molar-refractivity contribution is 0.0730. The standard InChI is InChI=1S/C17H24BrNO/c1-2-19-15-11-16(12-6-4-3-5-7-12)20-17-10-13(18)8-9-14(15)17/h8-10,12,15-16,19H,2-7,11H2,1H3. The van der Waals surface area contributed by atoms with E-state index in [0.29, 0.717) is 12.1 Å². The quantitative estimate of drug-likeness (QED) is 0.852. The Kier molecular flexibility index (Phi) is 4.67. The van der Waals surface area contributed by atoms with Gasteiger partial charge in [0.15, 0.2) is 0 Å². The van der Waals surface area contributed by atoms with E-state index in [9.17, 15) is 0 Å². The first-order valence-corrected chi connectivity index (χ1v) is 8.76. The first kappa shape index (κ1) is 14.4. The molecule has 0 bridgehead atoms. The van der Waals surface area contributed by atoms with E-state index in [1.165, 1.54) is 37.7 Å². The summed E-state index contributed by atoms with van der Waals surface area (Å²) in [5, 5.41) is 3.63. The van der Waals surface area contributed by atoms with Crippen LogP contribution in [0.15, 0.2) is 22.7 Å². The summed E-state index contributed by atoms with van der Waals surface area (Å²) in [5.41, 5.74) is 1.32. The third-order valence-electron chi connectivity index (χ3n) is 4.72. The van der Waals surface area contributed by atoms with Gasteiger partial charge in [0.2, 0.25) is 0 Å². The van der Waals surface area contributed by atoms with Crippen LogP contribution in [-0.4, -0.2) is 12.6 Å². The highest BCUT2D eigenvalue weighted by atomic mass is 79.9. The Hall–Kier alpha value is -0.540. The molecular weight excluding hydrogens is 314 g/mol. The van der Waals surface area contributed by atoms with Gasteiger partial charge in [0.25, 0.3) is 0 Å². The highest BCUT2D eigenvalue weighted by Gasteiger charge is 2.33. The van der Waals surface area contributed by atoms with Crippen molar-refractivity contribution in [3.63, 3.8) is 0 Å². The second kappa shape index (κ2) is 6.48. The van der Waals surface area contributed by atoms with E-state index < -0.39 is 0 Å². The topological polar surface area (TPSA) is 21.3 Å². The van der Waals surface area contributed by atoms with Crippen molar-refractivity contribution < 1.29 is 4.74 Å². The number of hydrogen-bond donors (Lipinski definition) is 1. The monoisotopic (exact) mass is 337 g/mol. The van der Waals surface area contributed by atoms with Crippen molar-refractivity contribution in [3.8, 4) is 5.75 Å². The lowest BCUT2D eigenvalue weighted by Crippen LogP contribution is -2.38.